The van der Waals surface area contributed by atoms with E-state index in [2.05, 4.69) is 37.2 Å². The van der Waals surface area contributed by atoms with Crippen molar-refractivity contribution >= 4 is 54.0 Å². The van der Waals surface area contributed by atoms with E-state index in [1.54, 1.807) is 7.05 Å². The van der Waals surface area contributed by atoms with Gasteiger partial charge in [-0.05, 0) is 13.1 Å². The van der Waals surface area contributed by atoms with Crippen LogP contribution < -0.4 is 37.2 Å². The molecule has 0 heterocycles. The molecule has 0 aliphatic carbocycles. The average Bonchev–Trinajstić information content (AvgIpc) is 3.08. The van der Waals surface area contributed by atoms with E-state index in [0.717, 1.165) is 12.2 Å². The van der Waals surface area contributed by atoms with Crippen molar-refractivity contribution in [2.45, 2.75) is 12.8 Å². The van der Waals surface area contributed by atoms with Crippen molar-refractivity contribution in [3.8, 4) is 0 Å². The molecular formula is C29H49N7O14. The summed E-state index contributed by atoms with van der Waals surface area (Å²) in [6.07, 6.45) is 3.25. The van der Waals surface area contributed by atoms with Crippen LogP contribution >= 0.6 is 0 Å². The highest BCUT2D eigenvalue weighted by molar-refractivity contribution is 5.91. The van der Waals surface area contributed by atoms with Crippen LogP contribution in [0.5, 0.6) is 0 Å². The molecule has 0 aliphatic heterocycles. The van der Waals surface area contributed by atoms with Gasteiger partial charge in [-0.15, -0.1) is 0 Å². The molecule has 0 atom stereocenters. The number of nitrogens with one attached hydrogen (secondary N) is 7. The van der Waals surface area contributed by atoms with Crippen molar-refractivity contribution < 1.29 is 67.2 Å². The van der Waals surface area contributed by atoms with E-state index in [1.165, 1.54) is 0 Å². The minimum Gasteiger partial charge on any atom is -0.480 e. The number of carbonyl (C=O) groups is 9. The number of hydrogen-bond donors (Lipinski definition) is 8. The minimum atomic E-state index is -0.822. The number of likely N-dealkylation sites (N-methyl/N-ethyl adjacent to an activating group) is 1. The molecule has 0 saturated heterocycles. The molecule has 0 unspecified atom stereocenters. The monoisotopic (exact) mass is 719 g/mol. The largest absolute Gasteiger partial charge is 0.480 e. The van der Waals surface area contributed by atoms with Crippen LogP contribution in [0.25, 0.3) is 0 Å². The molecule has 0 rings (SSSR count). The standard InChI is InChI=1S/C26H42N6O12.C3H7NO2/c33-8-1-2-21(35)27-5-3-22(36)29-7-11-42-13-15-44-17-16-43-14-12-41-10-4-23(37)30-19-25(39)32-20-26(40)31-18-24(38)28-6-9-34;1-4-2-3(5)6/h1-2,8-9H,3-7,10-20H2,(H,27,35)(H,28,38)(H,29,36)(H,30,37)(H,31,40)(H,32,39);4H,2H2,1H3,(H,5,6)/b2-1-;. The Hall–Kier alpha value is -4.83. The van der Waals surface area contributed by atoms with Crippen LogP contribution in [-0.4, -0.2) is 165 Å². The van der Waals surface area contributed by atoms with Crippen molar-refractivity contribution in [1.82, 2.24) is 37.2 Å². The number of rotatable bonds is 30. The molecule has 0 aromatic heterocycles. The maximum absolute atomic E-state index is 11.8. The van der Waals surface area contributed by atoms with E-state index in [9.17, 15) is 43.2 Å². The summed E-state index contributed by atoms with van der Waals surface area (Å²) in [6.45, 7) is 1.63. The van der Waals surface area contributed by atoms with Gasteiger partial charge in [-0.3, -0.25) is 38.4 Å². The van der Waals surface area contributed by atoms with Crippen LogP contribution in [-0.2, 0) is 62.1 Å². The van der Waals surface area contributed by atoms with E-state index in [0.29, 0.717) is 58.8 Å². The third-order valence-electron chi connectivity index (χ3n) is 5.18. The highest BCUT2D eigenvalue weighted by Gasteiger charge is 2.09. The fraction of sp³-hybridized carbons (Fsp3) is 0.621. The Morgan fingerprint density at radius 2 is 1.02 bits per heavy atom. The zero-order chi connectivity index (χ0) is 37.7. The first-order valence-corrected chi connectivity index (χ1v) is 15.4. The van der Waals surface area contributed by atoms with Gasteiger partial charge in [-0.25, -0.2) is 0 Å². The van der Waals surface area contributed by atoms with Gasteiger partial charge in [0.05, 0.1) is 85.6 Å². The molecule has 0 aromatic rings. The molecule has 0 aliphatic rings. The van der Waals surface area contributed by atoms with E-state index in [4.69, 9.17) is 24.1 Å². The summed E-state index contributed by atoms with van der Waals surface area (Å²) in [6, 6.07) is 0. The molecule has 0 bridgehead atoms. The Labute approximate surface area is 289 Å². The third-order valence-corrected chi connectivity index (χ3v) is 5.18. The van der Waals surface area contributed by atoms with Gasteiger partial charge in [0.15, 0.2) is 0 Å². The second kappa shape index (κ2) is 35.5. The molecule has 21 nitrogen and oxygen atoms in total. The maximum Gasteiger partial charge on any atom is 0.317 e. The van der Waals surface area contributed by atoms with Gasteiger partial charge in [-0.1, -0.05) is 0 Å². The number of carboxylic acid groups (broad SMARTS) is 1. The lowest BCUT2D eigenvalue weighted by molar-refractivity contribution is -0.136. The molecule has 8 N–H and O–H groups in total. The van der Waals surface area contributed by atoms with Gasteiger partial charge in [0.2, 0.25) is 35.4 Å². The SMILES string of the molecule is CNCC(=O)O.O=C/C=C\C(=O)NCCC(=O)NCCOCCOCCOCCOCCC(=O)NCC(=O)NCC(=O)NCC(=O)NCC=O. The minimum absolute atomic E-state index is 0.0237. The predicted molar refractivity (Wildman–Crippen MR) is 173 cm³/mol. The zero-order valence-electron chi connectivity index (χ0n) is 28.1. The van der Waals surface area contributed by atoms with Crippen LogP contribution in [0.3, 0.4) is 0 Å². The number of allylic oxidation sites excluding steroid dienone is 1. The van der Waals surface area contributed by atoms with E-state index in [-0.39, 0.29) is 71.2 Å². The van der Waals surface area contributed by atoms with Gasteiger partial charge >= 0.3 is 5.97 Å². The Morgan fingerprint density at radius 1 is 0.540 bits per heavy atom. The summed E-state index contributed by atoms with van der Waals surface area (Å²) in [4.78, 5) is 98.9. The van der Waals surface area contributed by atoms with Gasteiger partial charge in [0, 0.05) is 32.0 Å². The van der Waals surface area contributed by atoms with E-state index >= 15 is 0 Å². The van der Waals surface area contributed by atoms with Crippen LogP contribution in [0.1, 0.15) is 12.8 Å². The number of aliphatic carboxylic acids is 1. The molecular weight excluding hydrogens is 670 g/mol. The average molecular weight is 720 g/mol. The molecule has 0 spiro atoms. The number of amides is 6. The molecule has 0 aromatic carbocycles. The van der Waals surface area contributed by atoms with Gasteiger partial charge < -0.3 is 66.1 Å². The van der Waals surface area contributed by atoms with Gasteiger partial charge in [-0.2, -0.15) is 0 Å². The highest BCUT2D eigenvalue weighted by Crippen LogP contribution is 1.86. The molecule has 0 radical (unpaired) electrons. The summed E-state index contributed by atoms with van der Waals surface area (Å²) in [5, 5.41) is 24.6. The summed E-state index contributed by atoms with van der Waals surface area (Å²) < 4.78 is 21.3. The first kappa shape index (κ1) is 47.3. The molecule has 0 saturated carbocycles. The van der Waals surface area contributed by atoms with Crippen molar-refractivity contribution in [1.29, 1.82) is 0 Å². The normalized spacial score (nSPS) is 10.2. The van der Waals surface area contributed by atoms with Gasteiger partial charge in [0.25, 0.3) is 0 Å². The molecule has 284 valence electrons. The number of carboxylic acids is 1. The smallest absolute Gasteiger partial charge is 0.317 e. The fourth-order valence-corrected chi connectivity index (χ4v) is 2.88. The number of ether oxygens (including phenoxy) is 4. The Morgan fingerprint density at radius 3 is 1.50 bits per heavy atom. The molecule has 6 amide bonds. The zero-order valence-corrected chi connectivity index (χ0v) is 28.1. The van der Waals surface area contributed by atoms with Crippen molar-refractivity contribution in [3.05, 3.63) is 12.2 Å². The molecule has 50 heavy (non-hydrogen) atoms. The number of carbonyl (C=O) groups excluding carboxylic acids is 8. The maximum atomic E-state index is 11.8. The first-order valence-electron chi connectivity index (χ1n) is 15.4. The summed E-state index contributed by atoms with van der Waals surface area (Å²) in [5.41, 5.74) is 0. The third kappa shape index (κ3) is 37.6. The lowest BCUT2D eigenvalue weighted by Crippen LogP contribution is -2.44. The Bertz CT molecular complexity index is 1060. The van der Waals surface area contributed by atoms with Gasteiger partial charge in [0.1, 0.15) is 12.6 Å². The topological polar surface area (TPSA) is 295 Å². The summed E-state index contributed by atoms with van der Waals surface area (Å²) in [7, 11) is 1.59. The van der Waals surface area contributed by atoms with Crippen LogP contribution in [0, 0.1) is 0 Å². The molecule has 0 fully saturated rings. The fourth-order valence-electron chi connectivity index (χ4n) is 2.88. The highest BCUT2D eigenvalue weighted by atomic mass is 16.6. The number of aldehydes is 2. The number of hydrogen-bond acceptors (Lipinski definition) is 14. The van der Waals surface area contributed by atoms with Crippen molar-refractivity contribution in [2.24, 2.45) is 0 Å². The van der Waals surface area contributed by atoms with Crippen LogP contribution in [0.4, 0.5) is 0 Å². The van der Waals surface area contributed by atoms with E-state index < -0.39 is 35.5 Å². The van der Waals surface area contributed by atoms with Crippen molar-refractivity contribution in [3.63, 3.8) is 0 Å². The Kier molecular flexibility index (Phi) is 33.6. The predicted octanol–water partition coefficient (Wildman–Crippen LogP) is -5.23. The summed E-state index contributed by atoms with van der Waals surface area (Å²) >= 11 is 0. The first-order chi connectivity index (χ1) is 24.0. The second-order valence-electron chi connectivity index (χ2n) is 9.31. The molecule has 21 heteroatoms. The summed E-state index contributed by atoms with van der Waals surface area (Å²) in [5.74, 6) is -3.67. The van der Waals surface area contributed by atoms with Crippen molar-refractivity contribution in [2.75, 3.05) is 106 Å². The van der Waals surface area contributed by atoms with E-state index in [1.807, 2.05) is 0 Å². The Balaban J connectivity index is 0. The van der Waals surface area contributed by atoms with Crippen LogP contribution in [0.2, 0.25) is 0 Å². The second-order valence-corrected chi connectivity index (χ2v) is 9.31. The quantitative estimate of drug-likeness (QED) is 0.0196. The lowest BCUT2D eigenvalue weighted by Gasteiger charge is -2.09. The van der Waals surface area contributed by atoms with Crippen LogP contribution in [0.15, 0.2) is 12.2 Å². The lowest BCUT2D eigenvalue weighted by atomic mass is 10.4.